The Morgan fingerprint density at radius 2 is 2.33 bits per heavy atom. The second-order valence-corrected chi connectivity index (χ2v) is 5.70. The Labute approximate surface area is 128 Å². The van der Waals surface area contributed by atoms with Crippen LogP contribution in [-0.2, 0) is 11.3 Å². The number of nitrogens with zero attached hydrogens (tertiary/aromatic N) is 1. The minimum Gasteiger partial charge on any atom is -0.492 e. The highest BCUT2D eigenvalue weighted by atomic mass is 16.5. The second-order valence-electron chi connectivity index (χ2n) is 5.70. The molecule has 1 N–H and O–H groups in total. The van der Waals surface area contributed by atoms with Gasteiger partial charge in [-0.25, -0.2) is 0 Å². The number of pyridine rings is 1. The Balaban J connectivity index is 1.77. The third-order valence-electron chi connectivity index (χ3n) is 3.74. The van der Waals surface area contributed by atoms with Crippen LogP contribution in [0.15, 0.2) is 12.1 Å². The highest BCUT2D eigenvalue weighted by molar-refractivity contribution is 5.29. The summed E-state index contributed by atoms with van der Waals surface area (Å²) in [6, 6.07) is 4.05. The predicted molar refractivity (Wildman–Crippen MR) is 84.7 cm³/mol. The smallest absolute Gasteiger partial charge is 0.142 e. The first kappa shape index (κ1) is 16.2. The molecule has 0 radical (unpaired) electrons. The molecule has 0 saturated carbocycles. The molecule has 1 aliphatic heterocycles. The van der Waals surface area contributed by atoms with Crippen molar-refractivity contribution >= 4 is 0 Å². The van der Waals surface area contributed by atoms with Crippen LogP contribution in [0.2, 0.25) is 0 Å². The third-order valence-corrected chi connectivity index (χ3v) is 3.74. The van der Waals surface area contributed by atoms with Crippen molar-refractivity contribution in [2.45, 2.75) is 58.6 Å². The second kappa shape index (κ2) is 9.00. The number of aryl methyl sites for hydroxylation is 1. The van der Waals surface area contributed by atoms with Crippen LogP contribution in [0, 0.1) is 6.92 Å². The van der Waals surface area contributed by atoms with E-state index < -0.39 is 0 Å². The normalized spacial score (nSPS) is 18.1. The van der Waals surface area contributed by atoms with Crippen LogP contribution >= 0.6 is 0 Å². The fourth-order valence-corrected chi connectivity index (χ4v) is 2.60. The first-order valence-corrected chi connectivity index (χ1v) is 8.21. The molecule has 118 valence electrons. The average Bonchev–Trinajstić information content (AvgIpc) is 2.99. The van der Waals surface area contributed by atoms with Gasteiger partial charge in [-0.3, -0.25) is 4.98 Å². The van der Waals surface area contributed by atoms with Crippen molar-refractivity contribution < 1.29 is 9.47 Å². The molecular weight excluding hydrogens is 264 g/mol. The Morgan fingerprint density at radius 1 is 1.43 bits per heavy atom. The Kier molecular flexibility index (Phi) is 6.96. The monoisotopic (exact) mass is 292 g/mol. The van der Waals surface area contributed by atoms with Gasteiger partial charge in [-0.05, 0) is 57.7 Å². The van der Waals surface area contributed by atoms with Gasteiger partial charge in [-0.15, -0.1) is 0 Å². The topological polar surface area (TPSA) is 43.4 Å². The zero-order valence-corrected chi connectivity index (χ0v) is 13.4. The SMILES string of the molecule is CCCNCc1nc(C)ccc1OCCCC1CCCO1. The zero-order chi connectivity index (χ0) is 14.9. The maximum absolute atomic E-state index is 5.92. The highest BCUT2D eigenvalue weighted by Gasteiger charge is 2.14. The number of aromatic nitrogens is 1. The lowest BCUT2D eigenvalue weighted by Gasteiger charge is -2.13. The summed E-state index contributed by atoms with van der Waals surface area (Å²) in [6.45, 7) is 7.64. The van der Waals surface area contributed by atoms with Crippen LogP contribution in [-0.4, -0.2) is 30.8 Å². The molecule has 1 atom stereocenters. The van der Waals surface area contributed by atoms with Gasteiger partial charge in [0.2, 0.25) is 0 Å². The van der Waals surface area contributed by atoms with E-state index in [9.17, 15) is 0 Å². The van der Waals surface area contributed by atoms with E-state index in [1.54, 1.807) is 0 Å². The molecule has 1 aromatic rings. The van der Waals surface area contributed by atoms with Crippen molar-refractivity contribution in [3.05, 3.63) is 23.5 Å². The molecule has 0 amide bonds. The van der Waals surface area contributed by atoms with E-state index >= 15 is 0 Å². The van der Waals surface area contributed by atoms with E-state index in [4.69, 9.17) is 9.47 Å². The summed E-state index contributed by atoms with van der Waals surface area (Å²) >= 11 is 0. The number of hydrogen-bond acceptors (Lipinski definition) is 4. The van der Waals surface area contributed by atoms with E-state index in [0.29, 0.717) is 6.10 Å². The molecule has 1 saturated heterocycles. The summed E-state index contributed by atoms with van der Waals surface area (Å²) in [5, 5.41) is 3.39. The Hall–Kier alpha value is -1.13. The summed E-state index contributed by atoms with van der Waals surface area (Å²) in [7, 11) is 0. The molecule has 1 aromatic heterocycles. The van der Waals surface area contributed by atoms with Crippen LogP contribution in [0.5, 0.6) is 5.75 Å². The molecule has 21 heavy (non-hydrogen) atoms. The Morgan fingerprint density at radius 3 is 3.10 bits per heavy atom. The number of nitrogens with one attached hydrogen (secondary N) is 1. The van der Waals surface area contributed by atoms with Crippen LogP contribution in [0.3, 0.4) is 0 Å². The first-order chi connectivity index (χ1) is 10.3. The zero-order valence-electron chi connectivity index (χ0n) is 13.4. The fourth-order valence-electron chi connectivity index (χ4n) is 2.60. The molecule has 4 heteroatoms. The van der Waals surface area contributed by atoms with E-state index in [2.05, 4.69) is 17.2 Å². The quantitative estimate of drug-likeness (QED) is 0.710. The van der Waals surface area contributed by atoms with Gasteiger partial charge in [0, 0.05) is 18.8 Å². The average molecular weight is 292 g/mol. The molecule has 2 heterocycles. The molecular formula is C17H28N2O2. The predicted octanol–water partition coefficient (Wildman–Crippen LogP) is 3.23. The van der Waals surface area contributed by atoms with Crippen molar-refractivity contribution in [1.29, 1.82) is 0 Å². The van der Waals surface area contributed by atoms with Gasteiger partial charge in [0.05, 0.1) is 18.4 Å². The molecule has 1 fully saturated rings. The summed E-state index contributed by atoms with van der Waals surface area (Å²) in [6.07, 6.45) is 6.14. The molecule has 1 unspecified atom stereocenters. The fraction of sp³-hybridized carbons (Fsp3) is 0.706. The minimum atomic E-state index is 0.454. The largest absolute Gasteiger partial charge is 0.492 e. The third kappa shape index (κ3) is 5.64. The summed E-state index contributed by atoms with van der Waals surface area (Å²) in [5.74, 6) is 0.913. The van der Waals surface area contributed by atoms with Crippen LogP contribution in [0.1, 0.15) is 50.4 Å². The van der Waals surface area contributed by atoms with Crippen molar-refractivity contribution in [2.24, 2.45) is 0 Å². The maximum Gasteiger partial charge on any atom is 0.142 e. The minimum absolute atomic E-state index is 0.454. The Bertz CT molecular complexity index is 417. The van der Waals surface area contributed by atoms with Gasteiger partial charge in [0.25, 0.3) is 0 Å². The lowest BCUT2D eigenvalue weighted by Crippen LogP contribution is -2.16. The van der Waals surface area contributed by atoms with Gasteiger partial charge in [-0.1, -0.05) is 6.92 Å². The van der Waals surface area contributed by atoms with Crippen LogP contribution in [0.4, 0.5) is 0 Å². The summed E-state index contributed by atoms with van der Waals surface area (Å²) < 4.78 is 11.6. The number of rotatable bonds is 9. The van der Waals surface area contributed by atoms with Crippen molar-refractivity contribution in [1.82, 2.24) is 10.3 Å². The van der Waals surface area contributed by atoms with Crippen LogP contribution < -0.4 is 10.1 Å². The molecule has 0 bridgehead atoms. The highest BCUT2D eigenvalue weighted by Crippen LogP contribution is 2.19. The maximum atomic E-state index is 5.92. The summed E-state index contributed by atoms with van der Waals surface area (Å²) in [5.41, 5.74) is 2.05. The van der Waals surface area contributed by atoms with E-state index in [1.165, 1.54) is 12.8 Å². The van der Waals surface area contributed by atoms with Crippen molar-refractivity contribution in [2.75, 3.05) is 19.8 Å². The van der Waals surface area contributed by atoms with Gasteiger partial charge in [0.15, 0.2) is 0 Å². The number of ether oxygens (including phenoxy) is 2. The summed E-state index contributed by atoms with van der Waals surface area (Å²) in [4.78, 5) is 4.59. The molecule has 4 nitrogen and oxygen atoms in total. The van der Waals surface area contributed by atoms with Gasteiger partial charge >= 0.3 is 0 Å². The van der Waals surface area contributed by atoms with Crippen molar-refractivity contribution in [3.8, 4) is 5.75 Å². The molecule has 0 aromatic carbocycles. The van der Waals surface area contributed by atoms with E-state index in [1.807, 2.05) is 19.1 Å². The van der Waals surface area contributed by atoms with E-state index in [0.717, 1.165) is 62.7 Å². The molecule has 1 aliphatic rings. The van der Waals surface area contributed by atoms with Crippen LogP contribution in [0.25, 0.3) is 0 Å². The standard InChI is InChI=1S/C17H28N2O2/c1-3-10-18-13-16-17(9-8-14(2)19-16)21-12-5-7-15-6-4-11-20-15/h8-9,15,18H,3-7,10-13H2,1-2H3. The lowest BCUT2D eigenvalue weighted by molar-refractivity contribution is 0.0980. The number of hydrogen-bond donors (Lipinski definition) is 1. The molecule has 0 aliphatic carbocycles. The van der Waals surface area contributed by atoms with Crippen molar-refractivity contribution in [3.63, 3.8) is 0 Å². The first-order valence-electron chi connectivity index (χ1n) is 8.21. The van der Waals surface area contributed by atoms with Gasteiger partial charge in [0.1, 0.15) is 5.75 Å². The molecule has 0 spiro atoms. The van der Waals surface area contributed by atoms with Gasteiger partial charge in [-0.2, -0.15) is 0 Å². The van der Waals surface area contributed by atoms with E-state index in [-0.39, 0.29) is 0 Å². The van der Waals surface area contributed by atoms with Gasteiger partial charge < -0.3 is 14.8 Å². The molecule has 2 rings (SSSR count). The lowest BCUT2D eigenvalue weighted by atomic mass is 10.1.